The molecule has 1 heterocycles. The van der Waals surface area contributed by atoms with Crippen LogP contribution < -0.4 is 0 Å². The molecule has 0 aliphatic carbocycles. The second-order valence-corrected chi connectivity index (χ2v) is 6.34. The third-order valence-electron chi connectivity index (χ3n) is 4.32. The minimum atomic E-state index is -0.382. The van der Waals surface area contributed by atoms with E-state index >= 15 is 0 Å². The summed E-state index contributed by atoms with van der Waals surface area (Å²) in [5.41, 5.74) is 3.49. The monoisotopic (exact) mass is 291 g/mol. The maximum atomic E-state index is 10.5. The van der Waals surface area contributed by atoms with Gasteiger partial charge in [-0.3, -0.25) is 0 Å². The summed E-state index contributed by atoms with van der Waals surface area (Å²) in [5.74, 6) is 0.694. The van der Waals surface area contributed by atoms with Crippen molar-refractivity contribution in [2.24, 2.45) is 5.92 Å². The van der Waals surface area contributed by atoms with E-state index < -0.39 is 0 Å². The van der Waals surface area contributed by atoms with Gasteiger partial charge in [-0.25, -0.2) is 0 Å². The largest absolute Gasteiger partial charge is 0.387 e. The Kier molecular flexibility index (Phi) is 6.22. The first-order chi connectivity index (χ1) is 10.1. The van der Waals surface area contributed by atoms with Crippen molar-refractivity contribution in [3.63, 3.8) is 0 Å². The first-order valence-corrected chi connectivity index (χ1v) is 8.15. The van der Waals surface area contributed by atoms with Crippen LogP contribution in [0.3, 0.4) is 0 Å². The fourth-order valence-corrected chi connectivity index (χ4v) is 3.17. The van der Waals surface area contributed by atoms with Crippen LogP contribution in [0.4, 0.5) is 0 Å². The van der Waals surface area contributed by atoms with Crippen molar-refractivity contribution < 1.29 is 9.84 Å². The quantitative estimate of drug-likeness (QED) is 0.874. The molecular weight excluding hydrogens is 262 g/mol. The van der Waals surface area contributed by atoms with Crippen molar-refractivity contribution in [3.05, 3.63) is 34.9 Å². The SMILES string of the molecule is CCOCC1CCN(CC(O)c2cc(C)cc(C)c2)CC1. The Hall–Kier alpha value is -0.900. The lowest BCUT2D eigenvalue weighted by Gasteiger charge is -2.33. The van der Waals surface area contributed by atoms with Crippen LogP contribution in [0.2, 0.25) is 0 Å². The highest BCUT2D eigenvalue weighted by molar-refractivity contribution is 5.30. The number of nitrogens with zero attached hydrogens (tertiary/aromatic N) is 1. The first-order valence-electron chi connectivity index (χ1n) is 8.15. The zero-order valence-corrected chi connectivity index (χ0v) is 13.6. The Morgan fingerprint density at radius 2 is 1.81 bits per heavy atom. The average Bonchev–Trinajstić information content (AvgIpc) is 2.45. The molecule has 0 radical (unpaired) electrons. The van der Waals surface area contributed by atoms with E-state index in [9.17, 15) is 5.11 Å². The van der Waals surface area contributed by atoms with E-state index in [4.69, 9.17) is 4.74 Å². The van der Waals surface area contributed by atoms with Crippen LogP contribution in [-0.4, -0.2) is 42.9 Å². The van der Waals surface area contributed by atoms with E-state index in [1.807, 2.05) is 0 Å². The predicted octanol–water partition coefficient (Wildman–Crippen LogP) is 3.09. The molecule has 1 aliphatic heterocycles. The summed E-state index contributed by atoms with van der Waals surface area (Å²) < 4.78 is 5.52. The normalized spacial score (nSPS) is 18.9. The molecule has 1 N–H and O–H groups in total. The zero-order valence-electron chi connectivity index (χ0n) is 13.6. The van der Waals surface area contributed by atoms with Gasteiger partial charge in [-0.1, -0.05) is 29.3 Å². The van der Waals surface area contributed by atoms with Crippen molar-refractivity contribution in [2.45, 2.75) is 39.7 Å². The highest BCUT2D eigenvalue weighted by Crippen LogP contribution is 2.22. The Balaban J connectivity index is 1.82. The van der Waals surface area contributed by atoms with Crippen molar-refractivity contribution in [2.75, 3.05) is 32.8 Å². The smallest absolute Gasteiger partial charge is 0.0917 e. The van der Waals surface area contributed by atoms with Crippen LogP contribution in [0.1, 0.15) is 42.6 Å². The third-order valence-corrected chi connectivity index (χ3v) is 4.32. The summed E-state index contributed by atoms with van der Waals surface area (Å²) in [5, 5.41) is 10.5. The Bertz CT molecular complexity index is 419. The number of hydrogen-bond acceptors (Lipinski definition) is 3. The van der Waals surface area contributed by atoms with E-state index in [0.717, 1.165) is 38.4 Å². The van der Waals surface area contributed by atoms with Gasteiger partial charge >= 0.3 is 0 Å². The number of aliphatic hydroxyl groups is 1. The highest BCUT2D eigenvalue weighted by Gasteiger charge is 2.21. The van der Waals surface area contributed by atoms with Gasteiger partial charge in [-0.05, 0) is 58.2 Å². The first kappa shape index (κ1) is 16.5. The molecule has 0 bridgehead atoms. The molecule has 1 unspecified atom stereocenters. The molecule has 3 nitrogen and oxygen atoms in total. The molecule has 0 aromatic heterocycles. The topological polar surface area (TPSA) is 32.7 Å². The maximum Gasteiger partial charge on any atom is 0.0917 e. The van der Waals surface area contributed by atoms with Crippen LogP contribution in [0.25, 0.3) is 0 Å². The van der Waals surface area contributed by atoms with Gasteiger partial charge in [0.2, 0.25) is 0 Å². The number of hydrogen-bond donors (Lipinski definition) is 1. The summed E-state index contributed by atoms with van der Waals surface area (Å²) in [7, 11) is 0. The van der Waals surface area contributed by atoms with Gasteiger partial charge in [0.1, 0.15) is 0 Å². The van der Waals surface area contributed by atoms with E-state index in [2.05, 4.69) is 43.9 Å². The molecule has 118 valence electrons. The van der Waals surface area contributed by atoms with E-state index in [1.54, 1.807) is 0 Å². The lowest BCUT2D eigenvalue weighted by atomic mass is 9.96. The van der Waals surface area contributed by atoms with E-state index in [1.165, 1.54) is 24.0 Å². The number of piperidine rings is 1. The van der Waals surface area contributed by atoms with Gasteiger partial charge in [0.05, 0.1) is 6.10 Å². The second-order valence-electron chi connectivity index (χ2n) is 6.34. The van der Waals surface area contributed by atoms with Gasteiger partial charge in [0.15, 0.2) is 0 Å². The minimum Gasteiger partial charge on any atom is -0.387 e. The lowest BCUT2D eigenvalue weighted by Crippen LogP contribution is -2.37. The number of β-amino-alcohol motifs (C(OH)–C–C–N with tert-alkyl or cyclic N) is 1. The number of likely N-dealkylation sites (tertiary alicyclic amines) is 1. The maximum absolute atomic E-state index is 10.5. The molecular formula is C18H29NO2. The molecule has 1 aromatic rings. The standard InChI is InChI=1S/C18H29NO2/c1-4-21-13-16-5-7-19(8-6-16)12-18(20)17-10-14(2)9-15(3)11-17/h9-11,16,18,20H,4-8,12-13H2,1-3H3. The molecule has 0 saturated carbocycles. The molecule has 21 heavy (non-hydrogen) atoms. The van der Waals surface area contributed by atoms with E-state index in [-0.39, 0.29) is 6.10 Å². The van der Waals surface area contributed by atoms with Crippen molar-refractivity contribution in [1.29, 1.82) is 0 Å². The molecule has 0 amide bonds. The van der Waals surface area contributed by atoms with Crippen LogP contribution in [0.5, 0.6) is 0 Å². The molecule has 1 saturated heterocycles. The van der Waals surface area contributed by atoms with Crippen LogP contribution in [0, 0.1) is 19.8 Å². The van der Waals surface area contributed by atoms with Gasteiger partial charge in [-0.2, -0.15) is 0 Å². The number of benzene rings is 1. The molecule has 2 rings (SSSR count). The molecule has 1 aliphatic rings. The number of ether oxygens (including phenoxy) is 1. The minimum absolute atomic E-state index is 0.382. The van der Waals surface area contributed by atoms with Gasteiger partial charge in [0.25, 0.3) is 0 Å². The average molecular weight is 291 g/mol. The Morgan fingerprint density at radius 3 is 2.38 bits per heavy atom. The van der Waals surface area contributed by atoms with Crippen molar-refractivity contribution in [3.8, 4) is 0 Å². The summed E-state index contributed by atoms with van der Waals surface area (Å²) in [4.78, 5) is 2.38. The van der Waals surface area contributed by atoms with Gasteiger partial charge in [-0.15, -0.1) is 0 Å². The van der Waals surface area contributed by atoms with Crippen molar-refractivity contribution in [1.82, 2.24) is 4.90 Å². The molecule has 1 aromatic carbocycles. The Labute approximate surface area is 128 Å². The molecule has 1 atom stereocenters. The molecule has 1 fully saturated rings. The summed E-state index contributed by atoms with van der Waals surface area (Å²) in [6, 6.07) is 6.34. The van der Waals surface area contributed by atoms with Crippen molar-refractivity contribution >= 4 is 0 Å². The number of aryl methyl sites for hydroxylation is 2. The van der Waals surface area contributed by atoms with Crippen LogP contribution >= 0.6 is 0 Å². The lowest BCUT2D eigenvalue weighted by molar-refractivity contribution is 0.0534. The molecule has 3 heteroatoms. The number of aliphatic hydroxyl groups excluding tert-OH is 1. The Morgan fingerprint density at radius 1 is 1.19 bits per heavy atom. The number of rotatable bonds is 6. The second kappa shape index (κ2) is 7.92. The zero-order chi connectivity index (χ0) is 15.2. The highest BCUT2D eigenvalue weighted by atomic mass is 16.5. The van der Waals surface area contributed by atoms with Crippen LogP contribution in [0.15, 0.2) is 18.2 Å². The third kappa shape index (κ3) is 5.10. The summed E-state index contributed by atoms with van der Waals surface area (Å²) >= 11 is 0. The fourth-order valence-electron chi connectivity index (χ4n) is 3.17. The van der Waals surface area contributed by atoms with Crippen LogP contribution in [-0.2, 0) is 4.74 Å². The van der Waals surface area contributed by atoms with Gasteiger partial charge < -0.3 is 14.7 Å². The molecule has 0 spiro atoms. The van der Waals surface area contributed by atoms with E-state index in [0.29, 0.717) is 5.92 Å². The summed E-state index contributed by atoms with van der Waals surface area (Å²) in [6.45, 7) is 10.8. The fraction of sp³-hybridized carbons (Fsp3) is 0.667. The summed E-state index contributed by atoms with van der Waals surface area (Å²) in [6.07, 6.45) is 1.98. The predicted molar refractivity (Wildman–Crippen MR) is 86.5 cm³/mol. The van der Waals surface area contributed by atoms with Gasteiger partial charge in [0, 0.05) is 19.8 Å².